The minimum atomic E-state index is -1.50. The molecule has 1 heterocycles. The van der Waals surface area contributed by atoms with Crippen molar-refractivity contribution in [2.24, 2.45) is 0 Å². The molecule has 0 aromatic rings. The number of ether oxygens (including phenoxy) is 2. The Morgan fingerprint density at radius 2 is 1.10 bits per heavy atom. The van der Waals surface area contributed by atoms with Crippen molar-refractivity contribution in [2.75, 3.05) is 0 Å². The molecule has 0 saturated carbocycles. The number of nitrogens with zero attached hydrogens (tertiary/aromatic N) is 2. The van der Waals surface area contributed by atoms with Crippen molar-refractivity contribution in [3.63, 3.8) is 0 Å². The Morgan fingerprint density at radius 3 is 1.30 bits per heavy atom. The summed E-state index contributed by atoms with van der Waals surface area (Å²) in [6.07, 6.45) is -2.99. The zero-order valence-electron chi connectivity index (χ0n) is 11.4. The van der Waals surface area contributed by atoms with Gasteiger partial charge in [0.15, 0.2) is 0 Å². The van der Waals surface area contributed by atoms with Crippen LogP contribution in [0.15, 0.2) is 0 Å². The molecule has 0 aliphatic carbocycles. The molecule has 1 fully saturated rings. The highest BCUT2D eigenvalue weighted by molar-refractivity contribution is 6.03. The number of urea groups is 1. The fourth-order valence-corrected chi connectivity index (χ4v) is 1.78. The van der Waals surface area contributed by atoms with E-state index in [9.17, 15) is 24.0 Å². The Kier molecular flexibility index (Phi) is 4.43. The molecule has 4 amide bonds. The van der Waals surface area contributed by atoms with Gasteiger partial charge in [-0.1, -0.05) is 0 Å². The highest BCUT2D eigenvalue weighted by Crippen LogP contribution is 2.26. The molecule has 1 aliphatic heterocycles. The largest absolute Gasteiger partial charge is 0.435 e. The molecule has 9 nitrogen and oxygen atoms in total. The average Bonchev–Trinajstić information content (AvgIpc) is 2.49. The zero-order valence-corrected chi connectivity index (χ0v) is 11.4. The minimum absolute atomic E-state index is 0.552. The lowest BCUT2D eigenvalue weighted by Crippen LogP contribution is -2.45. The number of carbonyl (C=O) groups excluding carboxylic acids is 5. The van der Waals surface area contributed by atoms with Crippen LogP contribution in [0.4, 0.5) is 4.79 Å². The molecule has 0 aromatic heterocycles. The summed E-state index contributed by atoms with van der Waals surface area (Å²) in [4.78, 5) is 58.2. The van der Waals surface area contributed by atoms with Crippen molar-refractivity contribution < 1.29 is 33.4 Å². The molecule has 0 aromatic carbocycles. The smallest absolute Gasteiger partial charge is 0.339 e. The van der Waals surface area contributed by atoms with Gasteiger partial charge in [-0.15, -0.1) is 0 Å². The van der Waals surface area contributed by atoms with Crippen LogP contribution < -0.4 is 0 Å². The SMILES string of the molecule is CC(=O)O[C@@H]1[C@@H](OC(C)=O)N(C(C)=O)C(=O)N1C(C)=O. The fourth-order valence-electron chi connectivity index (χ4n) is 1.78. The van der Waals surface area contributed by atoms with E-state index >= 15 is 0 Å². The Labute approximate surface area is 114 Å². The lowest BCUT2D eigenvalue weighted by atomic mass is 10.4. The summed E-state index contributed by atoms with van der Waals surface area (Å²) in [6, 6.07) is -1.01. The first-order valence-corrected chi connectivity index (χ1v) is 5.64. The maximum atomic E-state index is 12.0. The molecule has 110 valence electrons. The van der Waals surface area contributed by atoms with Gasteiger partial charge in [-0.3, -0.25) is 19.2 Å². The van der Waals surface area contributed by atoms with Crippen LogP contribution >= 0.6 is 0 Å². The van der Waals surface area contributed by atoms with Gasteiger partial charge in [0.1, 0.15) is 0 Å². The number of rotatable bonds is 2. The first kappa shape index (κ1) is 15.6. The summed E-state index contributed by atoms with van der Waals surface area (Å²) in [5.74, 6) is -3.09. The van der Waals surface area contributed by atoms with Crippen molar-refractivity contribution in [2.45, 2.75) is 40.2 Å². The van der Waals surface area contributed by atoms with Crippen LogP contribution in [0.3, 0.4) is 0 Å². The molecule has 9 heteroatoms. The Morgan fingerprint density at radius 1 is 0.800 bits per heavy atom. The van der Waals surface area contributed by atoms with Crippen molar-refractivity contribution in [3.05, 3.63) is 0 Å². The van der Waals surface area contributed by atoms with E-state index in [0.29, 0.717) is 9.80 Å². The maximum absolute atomic E-state index is 12.0. The molecule has 0 N–H and O–H groups in total. The molecular weight excluding hydrogens is 272 g/mol. The van der Waals surface area contributed by atoms with E-state index < -0.39 is 42.2 Å². The molecule has 1 aliphatic rings. The number of amides is 4. The lowest BCUT2D eigenvalue weighted by molar-refractivity contribution is -0.183. The van der Waals surface area contributed by atoms with Crippen LogP contribution in [0.5, 0.6) is 0 Å². The van der Waals surface area contributed by atoms with Crippen LogP contribution in [0, 0.1) is 0 Å². The standard InChI is InChI=1S/C11H14N2O7/c1-5(14)12-9(19-7(3)16)10(20-8(4)17)13(6(2)15)11(12)18/h9-10H,1-4H3/t9-,10-/m1/s1. The highest BCUT2D eigenvalue weighted by atomic mass is 16.6. The van der Waals surface area contributed by atoms with Crippen molar-refractivity contribution >= 4 is 29.8 Å². The van der Waals surface area contributed by atoms with E-state index in [0.717, 1.165) is 27.7 Å². The molecule has 1 rings (SSSR count). The van der Waals surface area contributed by atoms with E-state index in [4.69, 9.17) is 9.47 Å². The summed E-state index contributed by atoms with van der Waals surface area (Å²) < 4.78 is 9.65. The quantitative estimate of drug-likeness (QED) is 0.635. The van der Waals surface area contributed by atoms with Gasteiger partial charge in [-0.05, 0) is 0 Å². The number of hydrogen-bond donors (Lipinski definition) is 0. The van der Waals surface area contributed by atoms with Gasteiger partial charge >= 0.3 is 18.0 Å². The molecule has 2 atom stereocenters. The Balaban J connectivity index is 3.24. The minimum Gasteiger partial charge on any atom is -0.435 e. The highest BCUT2D eigenvalue weighted by Gasteiger charge is 2.53. The van der Waals surface area contributed by atoms with Crippen molar-refractivity contribution in [1.29, 1.82) is 0 Å². The summed E-state index contributed by atoms with van der Waals surface area (Å²) in [6.45, 7) is 4.24. The molecule has 0 bridgehead atoms. The van der Waals surface area contributed by atoms with Crippen molar-refractivity contribution in [1.82, 2.24) is 9.80 Å². The second-order valence-electron chi connectivity index (χ2n) is 4.06. The third-order valence-corrected chi connectivity index (χ3v) is 2.42. The number of hydrogen-bond acceptors (Lipinski definition) is 7. The van der Waals surface area contributed by atoms with E-state index in [-0.39, 0.29) is 0 Å². The van der Waals surface area contributed by atoms with Gasteiger partial charge < -0.3 is 9.47 Å². The first-order chi connectivity index (χ1) is 9.16. The summed E-state index contributed by atoms with van der Waals surface area (Å²) >= 11 is 0. The van der Waals surface area contributed by atoms with Gasteiger partial charge in [-0.25, -0.2) is 14.6 Å². The predicted molar refractivity (Wildman–Crippen MR) is 61.5 cm³/mol. The Hall–Kier alpha value is -2.45. The molecule has 0 unspecified atom stereocenters. The molecule has 20 heavy (non-hydrogen) atoms. The summed E-state index contributed by atoms with van der Waals surface area (Å²) in [5, 5.41) is 0. The molecule has 1 saturated heterocycles. The van der Waals surface area contributed by atoms with Crippen LogP contribution in [0.25, 0.3) is 0 Å². The maximum Gasteiger partial charge on any atom is 0.339 e. The van der Waals surface area contributed by atoms with Crippen LogP contribution in [0.1, 0.15) is 27.7 Å². The van der Waals surface area contributed by atoms with Crippen LogP contribution in [-0.2, 0) is 28.7 Å². The normalized spacial score (nSPS) is 21.7. The van der Waals surface area contributed by atoms with E-state index in [1.165, 1.54) is 0 Å². The van der Waals surface area contributed by atoms with Gasteiger partial charge in [0.25, 0.3) is 0 Å². The average molecular weight is 286 g/mol. The van der Waals surface area contributed by atoms with E-state index in [1.54, 1.807) is 0 Å². The number of carbonyl (C=O) groups is 5. The molecular formula is C11H14N2O7. The number of esters is 2. The zero-order chi connectivity index (χ0) is 15.6. The predicted octanol–water partition coefficient (Wildman–Crippen LogP) is -0.405. The Bertz CT molecular complexity index is 445. The summed E-state index contributed by atoms with van der Waals surface area (Å²) in [5.41, 5.74) is 0. The monoisotopic (exact) mass is 286 g/mol. The first-order valence-electron chi connectivity index (χ1n) is 5.64. The molecule has 0 spiro atoms. The summed E-state index contributed by atoms with van der Waals surface area (Å²) in [7, 11) is 0. The fraction of sp³-hybridized carbons (Fsp3) is 0.545. The van der Waals surface area contributed by atoms with Crippen LogP contribution in [0.2, 0.25) is 0 Å². The second kappa shape index (κ2) is 5.68. The molecule has 0 radical (unpaired) electrons. The third-order valence-electron chi connectivity index (χ3n) is 2.42. The lowest BCUT2D eigenvalue weighted by Gasteiger charge is -2.24. The topological polar surface area (TPSA) is 110 Å². The van der Waals surface area contributed by atoms with Gasteiger partial charge in [0, 0.05) is 27.7 Å². The second-order valence-corrected chi connectivity index (χ2v) is 4.06. The van der Waals surface area contributed by atoms with E-state index in [2.05, 4.69) is 0 Å². The third kappa shape index (κ3) is 2.92. The van der Waals surface area contributed by atoms with Gasteiger partial charge in [0.05, 0.1) is 0 Å². The van der Waals surface area contributed by atoms with Gasteiger partial charge in [-0.2, -0.15) is 0 Å². The number of imide groups is 2. The van der Waals surface area contributed by atoms with Crippen LogP contribution in [-0.4, -0.2) is 52.0 Å². The van der Waals surface area contributed by atoms with Gasteiger partial charge in [0.2, 0.25) is 24.3 Å². The van der Waals surface area contributed by atoms with Crippen molar-refractivity contribution in [3.8, 4) is 0 Å². The van der Waals surface area contributed by atoms with E-state index in [1.807, 2.05) is 0 Å².